The smallest absolute Gasteiger partial charge is 0.134 e. The van der Waals surface area contributed by atoms with E-state index in [1.807, 2.05) is 6.07 Å². The summed E-state index contributed by atoms with van der Waals surface area (Å²) < 4.78 is 0. The van der Waals surface area contributed by atoms with Crippen LogP contribution in [0.15, 0.2) is 6.07 Å². The summed E-state index contributed by atoms with van der Waals surface area (Å²) in [5, 5.41) is 0.562. The molecule has 1 aliphatic heterocycles. The molecule has 1 fully saturated rings. The zero-order valence-electron chi connectivity index (χ0n) is 12.2. The summed E-state index contributed by atoms with van der Waals surface area (Å²) in [5.41, 5.74) is 0. The minimum Gasteiger partial charge on any atom is -0.356 e. The first kappa shape index (κ1) is 14.6. The molecule has 0 saturated carbocycles. The number of anilines is 1. The van der Waals surface area contributed by atoms with E-state index in [1.165, 1.54) is 19.3 Å². The van der Waals surface area contributed by atoms with E-state index in [0.717, 1.165) is 43.0 Å². The highest BCUT2D eigenvalue weighted by Gasteiger charge is 2.20. The Kier molecular flexibility index (Phi) is 5.03. The predicted octanol–water partition coefficient (Wildman–Crippen LogP) is 3.95. The number of aryl methyl sites for hydroxylation is 1. The highest BCUT2D eigenvalue weighted by molar-refractivity contribution is 6.29. The molecule has 1 atom stereocenters. The zero-order chi connectivity index (χ0) is 13.8. The maximum atomic E-state index is 6.09. The number of halogens is 1. The minimum absolute atomic E-state index is 0.562. The largest absolute Gasteiger partial charge is 0.356 e. The van der Waals surface area contributed by atoms with E-state index < -0.39 is 0 Å². The Morgan fingerprint density at radius 2 is 2.11 bits per heavy atom. The van der Waals surface area contributed by atoms with Gasteiger partial charge in [0.2, 0.25) is 0 Å². The average Bonchev–Trinajstić information content (AvgIpc) is 2.63. The van der Waals surface area contributed by atoms with Crippen LogP contribution < -0.4 is 4.90 Å². The van der Waals surface area contributed by atoms with Crippen molar-refractivity contribution < 1.29 is 0 Å². The van der Waals surface area contributed by atoms with E-state index in [-0.39, 0.29) is 0 Å². The Labute approximate surface area is 121 Å². The molecule has 2 rings (SSSR count). The lowest BCUT2D eigenvalue weighted by molar-refractivity contribution is 0.351. The second kappa shape index (κ2) is 6.56. The van der Waals surface area contributed by atoms with Gasteiger partial charge in [-0.15, -0.1) is 0 Å². The number of hydrogen-bond donors (Lipinski definition) is 0. The lowest BCUT2D eigenvalue weighted by atomic mass is 9.89. The maximum absolute atomic E-state index is 6.09. The van der Waals surface area contributed by atoms with Gasteiger partial charge in [0.05, 0.1) is 0 Å². The van der Waals surface area contributed by atoms with Gasteiger partial charge in [-0.05, 0) is 31.1 Å². The first-order chi connectivity index (χ1) is 9.10. The highest BCUT2D eigenvalue weighted by Crippen LogP contribution is 2.27. The first-order valence-electron chi connectivity index (χ1n) is 7.38. The molecular formula is C15H24ClN3. The lowest BCUT2D eigenvalue weighted by Gasteiger charge is -2.23. The third-order valence-corrected chi connectivity index (χ3v) is 4.28. The van der Waals surface area contributed by atoms with Gasteiger partial charge in [0.15, 0.2) is 0 Å². The van der Waals surface area contributed by atoms with Crippen molar-refractivity contribution in [2.75, 3.05) is 18.0 Å². The van der Waals surface area contributed by atoms with E-state index in [9.17, 15) is 0 Å². The summed E-state index contributed by atoms with van der Waals surface area (Å²) in [5.74, 6) is 3.46. The van der Waals surface area contributed by atoms with Crippen LogP contribution in [0.5, 0.6) is 0 Å². The molecular weight excluding hydrogens is 258 g/mol. The molecule has 0 radical (unpaired) electrons. The number of nitrogens with zero attached hydrogens (tertiary/aromatic N) is 3. The summed E-state index contributed by atoms with van der Waals surface area (Å²) in [6.45, 7) is 8.89. The molecule has 1 saturated heterocycles. The summed E-state index contributed by atoms with van der Waals surface area (Å²) in [6, 6.07) is 1.90. The van der Waals surface area contributed by atoms with E-state index >= 15 is 0 Å². The van der Waals surface area contributed by atoms with Crippen LogP contribution in [0.25, 0.3) is 0 Å². The summed E-state index contributed by atoms with van der Waals surface area (Å²) in [7, 11) is 0. The molecule has 19 heavy (non-hydrogen) atoms. The molecule has 0 bridgehead atoms. The van der Waals surface area contributed by atoms with Crippen LogP contribution in [0.1, 0.15) is 45.9 Å². The summed E-state index contributed by atoms with van der Waals surface area (Å²) in [4.78, 5) is 11.2. The van der Waals surface area contributed by atoms with E-state index in [2.05, 4.69) is 35.6 Å². The van der Waals surface area contributed by atoms with Crippen molar-refractivity contribution >= 4 is 17.4 Å². The van der Waals surface area contributed by atoms with Crippen molar-refractivity contribution in [1.29, 1.82) is 0 Å². The van der Waals surface area contributed by atoms with E-state index in [0.29, 0.717) is 5.15 Å². The van der Waals surface area contributed by atoms with Gasteiger partial charge < -0.3 is 4.90 Å². The van der Waals surface area contributed by atoms with Crippen molar-refractivity contribution in [2.24, 2.45) is 11.8 Å². The quantitative estimate of drug-likeness (QED) is 0.786. The van der Waals surface area contributed by atoms with Crippen LogP contribution in [-0.4, -0.2) is 23.1 Å². The Morgan fingerprint density at radius 3 is 2.79 bits per heavy atom. The van der Waals surface area contributed by atoms with Crippen LogP contribution >= 0.6 is 11.6 Å². The van der Waals surface area contributed by atoms with Gasteiger partial charge in [0.1, 0.15) is 16.8 Å². The van der Waals surface area contributed by atoms with E-state index in [1.54, 1.807) is 0 Å². The van der Waals surface area contributed by atoms with Gasteiger partial charge in [0.25, 0.3) is 0 Å². The molecule has 3 nitrogen and oxygen atoms in total. The van der Waals surface area contributed by atoms with E-state index in [4.69, 9.17) is 11.6 Å². The Bertz CT molecular complexity index is 420. The molecule has 1 aliphatic rings. The minimum atomic E-state index is 0.562. The van der Waals surface area contributed by atoms with Crippen LogP contribution in [0.3, 0.4) is 0 Å². The molecule has 0 aromatic carbocycles. The normalized spacial score (nSPS) is 20.7. The third-order valence-electron chi connectivity index (χ3n) is 4.08. The van der Waals surface area contributed by atoms with Crippen LogP contribution in [0, 0.1) is 11.8 Å². The fourth-order valence-electron chi connectivity index (χ4n) is 2.79. The fraction of sp³-hybridized carbons (Fsp3) is 0.733. The fourth-order valence-corrected chi connectivity index (χ4v) is 2.98. The number of hydrogen-bond acceptors (Lipinski definition) is 3. The Hall–Kier alpha value is -0.830. The van der Waals surface area contributed by atoms with Gasteiger partial charge in [-0.3, -0.25) is 0 Å². The van der Waals surface area contributed by atoms with Crippen molar-refractivity contribution in [3.8, 4) is 0 Å². The van der Waals surface area contributed by atoms with Crippen molar-refractivity contribution in [3.63, 3.8) is 0 Å². The van der Waals surface area contributed by atoms with Gasteiger partial charge in [-0.25, -0.2) is 9.97 Å². The Balaban J connectivity index is 2.11. The maximum Gasteiger partial charge on any atom is 0.134 e. The second-order valence-electron chi connectivity index (χ2n) is 5.74. The summed E-state index contributed by atoms with van der Waals surface area (Å²) in [6.07, 6.45) is 4.65. The van der Waals surface area contributed by atoms with Crippen molar-refractivity contribution in [2.45, 2.75) is 46.5 Å². The van der Waals surface area contributed by atoms with Crippen LogP contribution in [0.4, 0.5) is 5.82 Å². The molecule has 0 N–H and O–H groups in total. The number of rotatable bonds is 3. The van der Waals surface area contributed by atoms with Crippen LogP contribution in [-0.2, 0) is 6.42 Å². The van der Waals surface area contributed by atoms with Gasteiger partial charge >= 0.3 is 0 Å². The molecule has 0 spiro atoms. The van der Waals surface area contributed by atoms with Crippen molar-refractivity contribution in [1.82, 2.24) is 9.97 Å². The van der Waals surface area contributed by atoms with Gasteiger partial charge in [-0.2, -0.15) is 0 Å². The molecule has 1 unspecified atom stereocenters. The zero-order valence-corrected chi connectivity index (χ0v) is 13.0. The standard InChI is InChI=1S/C15H24ClN3/c1-4-14-17-13(16)10-15(18-14)19-8-5-6-12(7-9-19)11(2)3/h10-12H,4-9H2,1-3H3. The third kappa shape index (κ3) is 3.82. The summed E-state index contributed by atoms with van der Waals surface area (Å²) >= 11 is 6.09. The lowest BCUT2D eigenvalue weighted by Crippen LogP contribution is -2.26. The molecule has 106 valence electrons. The molecule has 1 aromatic rings. The second-order valence-corrected chi connectivity index (χ2v) is 6.13. The average molecular weight is 282 g/mol. The molecule has 0 aliphatic carbocycles. The molecule has 0 amide bonds. The highest BCUT2D eigenvalue weighted by atomic mass is 35.5. The molecule has 1 aromatic heterocycles. The monoisotopic (exact) mass is 281 g/mol. The first-order valence-corrected chi connectivity index (χ1v) is 7.76. The van der Waals surface area contributed by atoms with Crippen molar-refractivity contribution in [3.05, 3.63) is 17.0 Å². The molecule has 4 heteroatoms. The van der Waals surface area contributed by atoms with Crippen LogP contribution in [0.2, 0.25) is 5.15 Å². The molecule has 2 heterocycles. The number of aromatic nitrogens is 2. The topological polar surface area (TPSA) is 29.0 Å². The van der Waals surface area contributed by atoms with Gasteiger partial charge in [0, 0.05) is 25.6 Å². The Morgan fingerprint density at radius 1 is 1.32 bits per heavy atom. The van der Waals surface area contributed by atoms with Gasteiger partial charge in [-0.1, -0.05) is 32.4 Å². The SMILES string of the molecule is CCc1nc(Cl)cc(N2CCCC(C(C)C)CC2)n1. The predicted molar refractivity (Wildman–Crippen MR) is 80.8 cm³/mol.